The zero-order chi connectivity index (χ0) is 26.4. The van der Waals surface area contributed by atoms with Crippen LogP contribution in [0.15, 0.2) is 69.9 Å². The van der Waals surface area contributed by atoms with E-state index in [-0.39, 0.29) is 29.5 Å². The Morgan fingerprint density at radius 2 is 1.65 bits per heavy atom. The van der Waals surface area contributed by atoms with Crippen LogP contribution in [0.5, 0.6) is 23.0 Å². The van der Waals surface area contributed by atoms with Gasteiger partial charge in [-0.1, -0.05) is 12.1 Å². The van der Waals surface area contributed by atoms with E-state index >= 15 is 0 Å². The molecule has 0 atom stereocenters. The molecule has 1 aromatic heterocycles. The largest absolute Gasteiger partial charge is 0.497 e. The summed E-state index contributed by atoms with van der Waals surface area (Å²) in [6.45, 7) is 1.97. The molecule has 0 aliphatic rings. The molecule has 1 amide bonds. The van der Waals surface area contributed by atoms with E-state index in [2.05, 4.69) is 5.32 Å². The zero-order valence-corrected chi connectivity index (χ0v) is 21.3. The average Bonchev–Trinajstić information content (AvgIpc) is 2.92. The van der Waals surface area contributed by atoms with Gasteiger partial charge in [0.2, 0.25) is 11.2 Å². The third-order valence-corrected chi connectivity index (χ3v) is 5.89. The Balaban J connectivity index is 1.50. The Labute approximate surface area is 214 Å². The highest BCUT2D eigenvalue weighted by Crippen LogP contribution is 2.32. The fourth-order valence-corrected chi connectivity index (χ4v) is 3.92. The molecule has 0 saturated heterocycles. The molecule has 1 N–H and O–H groups in total. The van der Waals surface area contributed by atoms with Crippen molar-refractivity contribution < 1.29 is 28.2 Å². The predicted octanol–water partition coefficient (Wildman–Crippen LogP) is 4.53. The van der Waals surface area contributed by atoms with Crippen molar-refractivity contribution in [2.75, 3.05) is 34.5 Å². The normalized spacial score (nSPS) is 10.7. The van der Waals surface area contributed by atoms with Gasteiger partial charge in [-0.25, -0.2) is 0 Å². The van der Waals surface area contributed by atoms with E-state index in [0.29, 0.717) is 46.7 Å². The highest BCUT2D eigenvalue weighted by Gasteiger charge is 2.19. The first-order chi connectivity index (χ1) is 17.9. The molecule has 0 aliphatic carbocycles. The van der Waals surface area contributed by atoms with Gasteiger partial charge in [-0.05, 0) is 73.0 Å². The summed E-state index contributed by atoms with van der Waals surface area (Å²) in [6, 6.07) is 18.0. The lowest BCUT2D eigenvalue weighted by atomic mass is 10.1. The minimum absolute atomic E-state index is 0.0171. The molecule has 0 saturated carbocycles. The average molecular weight is 504 g/mol. The molecule has 4 aromatic rings. The molecule has 0 bridgehead atoms. The van der Waals surface area contributed by atoms with Crippen LogP contribution in [0.3, 0.4) is 0 Å². The molecule has 0 aliphatic heterocycles. The van der Waals surface area contributed by atoms with Crippen LogP contribution in [0.4, 0.5) is 0 Å². The van der Waals surface area contributed by atoms with Crippen molar-refractivity contribution in [3.05, 3.63) is 82.0 Å². The van der Waals surface area contributed by atoms with E-state index in [9.17, 15) is 9.59 Å². The fourth-order valence-electron chi connectivity index (χ4n) is 3.92. The number of ether oxygens (including phenoxy) is 4. The molecule has 3 aromatic carbocycles. The third kappa shape index (κ3) is 5.86. The van der Waals surface area contributed by atoms with Crippen molar-refractivity contribution >= 4 is 16.9 Å². The van der Waals surface area contributed by atoms with Crippen molar-refractivity contribution in [3.8, 4) is 34.3 Å². The van der Waals surface area contributed by atoms with Crippen molar-refractivity contribution in [2.24, 2.45) is 0 Å². The van der Waals surface area contributed by atoms with Crippen LogP contribution in [0.2, 0.25) is 0 Å². The Morgan fingerprint density at radius 1 is 0.892 bits per heavy atom. The summed E-state index contributed by atoms with van der Waals surface area (Å²) in [5.74, 6) is 1.81. The van der Waals surface area contributed by atoms with Gasteiger partial charge < -0.3 is 28.7 Å². The molecular weight excluding hydrogens is 474 g/mol. The minimum atomic E-state index is -0.357. The standard InChI is InChI=1S/C29H29NO7/c1-18-5-11-22-24(15-18)37-28(20-7-9-21(33-2)10-8-20)29(27(22)32)36-17-26(31)30-14-13-19-6-12-23(34-3)25(16-19)35-4/h5-12,15-16H,13-14,17H2,1-4H3,(H,30,31). The van der Waals surface area contributed by atoms with E-state index in [0.717, 1.165) is 11.1 Å². The summed E-state index contributed by atoms with van der Waals surface area (Å²) >= 11 is 0. The number of methoxy groups -OCH3 is 3. The summed E-state index contributed by atoms with van der Waals surface area (Å²) < 4.78 is 27.7. The van der Waals surface area contributed by atoms with Gasteiger partial charge in [0.25, 0.3) is 5.91 Å². The summed E-state index contributed by atoms with van der Waals surface area (Å²) in [4.78, 5) is 25.9. The number of amides is 1. The molecule has 8 nitrogen and oxygen atoms in total. The van der Waals surface area contributed by atoms with Gasteiger partial charge in [0.15, 0.2) is 23.9 Å². The number of carbonyl (C=O) groups is 1. The summed E-state index contributed by atoms with van der Waals surface area (Å²) in [5, 5.41) is 3.20. The predicted molar refractivity (Wildman–Crippen MR) is 141 cm³/mol. The Hall–Kier alpha value is -4.46. The lowest BCUT2D eigenvalue weighted by Crippen LogP contribution is -2.31. The van der Waals surface area contributed by atoms with Crippen molar-refractivity contribution in [1.82, 2.24) is 5.32 Å². The number of nitrogens with one attached hydrogen (secondary N) is 1. The maximum atomic E-state index is 13.3. The van der Waals surface area contributed by atoms with E-state index in [1.54, 1.807) is 57.7 Å². The number of carbonyl (C=O) groups excluding carboxylic acids is 1. The second-order valence-corrected chi connectivity index (χ2v) is 8.40. The van der Waals surface area contributed by atoms with Crippen molar-refractivity contribution in [2.45, 2.75) is 13.3 Å². The van der Waals surface area contributed by atoms with Crippen LogP contribution in [0.1, 0.15) is 11.1 Å². The Bertz CT molecular complexity index is 1460. The number of fused-ring (bicyclic) bond motifs is 1. The maximum absolute atomic E-state index is 13.3. The number of hydrogen-bond acceptors (Lipinski definition) is 7. The smallest absolute Gasteiger partial charge is 0.257 e. The van der Waals surface area contributed by atoms with Crippen LogP contribution in [0, 0.1) is 6.92 Å². The van der Waals surface area contributed by atoms with E-state index in [4.69, 9.17) is 23.4 Å². The highest BCUT2D eigenvalue weighted by molar-refractivity contribution is 5.83. The van der Waals surface area contributed by atoms with Crippen LogP contribution in [-0.2, 0) is 11.2 Å². The van der Waals surface area contributed by atoms with Gasteiger partial charge in [-0.3, -0.25) is 9.59 Å². The minimum Gasteiger partial charge on any atom is -0.497 e. The molecule has 0 fully saturated rings. The Kier molecular flexibility index (Phi) is 7.98. The van der Waals surface area contributed by atoms with Gasteiger partial charge in [0.05, 0.1) is 26.7 Å². The van der Waals surface area contributed by atoms with Crippen LogP contribution in [0.25, 0.3) is 22.3 Å². The summed E-state index contributed by atoms with van der Waals surface area (Å²) in [6.07, 6.45) is 0.584. The first-order valence-corrected chi connectivity index (χ1v) is 11.8. The lowest BCUT2D eigenvalue weighted by Gasteiger charge is -2.13. The van der Waals surface area contributed by atoms with Crippen LogP contribution >= 0.6 is 0 Å². The van der Waals surface area contributed by atoms with Gasteiger partial charge in [-0.15, -0.1) is 0 Å². The summed E-state index contributed by atoms with van der Waals surface area (Å²) in [5.41, 5.74) is 2.67. The molecule has 0 spiro atoms. The van der Waals surface area contributed by atoms with Gasteiger partial charge in [0, 0.05) is 12.1 Å². The molecule has 4 rings (SSSR count). The van der Waals surface area contributed by atoms with E-state index < -0.39 is 0 Å². The molecular formula is C29H29NO7. The monoisotopic (exact) mass is 503 g/mol. The Morgan fingerprint density at radius 3 is 2.35 bits per heavy atom. The van der Waals surface area contributed by atoms with E-state index in [1.807, 2.05) is 31.2 Å². The molecule has 0 radical (unpaired) electrons. The lowest BCUT2D eigenvalue weighted by molar-refractivity contribution is -0.123. The molecule has 37 heavy (non-hydrogen) atoms. The number of aryl methyl sites for hydroxylation is 1. The molecule has 8 heteroatoms. The third-order valence-electron chi connectivity index (χ3n) is 5.89. The van der Waals surface area contributed by atoms with Gasteiger partial charge >= 0.3 is 0 Å². The fraction of sp³-hybridized carbons (Fsp3) is 0.241. The maximum Gasteiger partial charge on any atom is 0.257 e. The van der Waals surface area contributed by atoms with Gasteiger partial charge in [0.1, 0.15) is 11.3 Å². The quantitative estimate of drug-likeness (QED) is 0.340. The second-order valence-electron chi connectivity index (χ2n) is 8.40. The van der Waals surface area contributed by atoms with Crippen molar-refractivity contribution in [1.29, 1.82) is 0 Å². The van der Waals surface area contributed by atoms with Crippen molar-refractivity contribution in [3.63, 3.8) is 0 Å². The topological polar surface area (TPSA) is 96.2 Å². The van der Waals surface area contributed by atoms with Gasteiger partial charge in [-0.2, -0.15) is 0 Å². The SMILES string of the molecule is COc1ccc(-c2oc3cc(C)ccc3c(=O)c2OCC(=O)NCCc2ccc(OC)c(OC)c2)cc1. The molecule has 192 valence electrons. The van der Waals surface area contributed by atoms with E-state index in [1.165, 1.54) is 0 Å². The second kappa shape index (κ2) is 11.5. The molecule has 1 heterocycles. The first kappa shape index (κ1) is 25.6. The van der Waals surface area contributed by atoms with Crippen LogP contribution < -0.4 is 29.7 Å². The number of benzene rings is 3. The zero-order valence-electron chi connectivity index (χ0n) is 21.3. The molecule has 0 unspecified atom stereocenters. The highest BCUT2D eigenvalue weighted by atomic mass is 16.5. The van der Waals surface area contributed by atoms with Crippen LogP contribution in [-0.4, -0.2) is 40.4 Å². The number of rotatable bonds is 10. The summed E-state index contributed by atoms with van der Waals surface area (Å²) in [7, 11) is 4.73. The number of hydrogen-bond donors (Lipinski definition) is 1. The first-order valence-electron chi connectivity index (χ1n) is 11.8.